The first-order valence-corrected chi connectivity index (χ1v) is 6.81. The van der Waals surface area contributed by atoms with Crippen LogP contribution in [-0.4, -0.2) is 27.0 Å². The van der Waals surface area contributed by atoms with E-state index in [0.29, 0.717) is 12.1 Å². The van der Waals surface area contributed by atoms with Gasteiger partial charge >= 0.3 is 0 Å². The third kappa shape index (κ3) is 3.05. The van der Waals surface area contributed by atoms with Crippen LogP contribution in [0.1, 0.15) is 18.5 Å². The molecule has 1 aromatic carbocycles. The quantitative estimate of drug-likeness (QED) is 0.868. The summed E-state index contributed by atoms with van der Waals surface area (Å²) in [6.07, 6.45) is 0.570. The van der Waals surface area contributed by atoms with Crippen LogP contribution < -0.4 is 10.9 Å². The summed E-state index contributed by atoms with van der Waals surface area (Å²) in [5.74, 6) is -0.268. The zero-order valence-electron chi connectivity index (χ0n) is 12.2. The number of anilines is 1. The molecule has 0 spiro atoms. The molecule has 0 aliphatic heterocycles. The number of carbonyl (C=O) groups is 1. The molecular formula is C15H19N3O3. The van der Waals surface area contributed by atoms with Crippen molar-refractivity contribution >= 4 is 11.6 Å². The smallest absolute Gasteiger partial charge is 0.295 e. The molecule has 0 aliphatic carbocycles. The number of rotatable bonds is 5. The molecule has 112 valence electrons. The van der Waals surface area contributed by atoms with Gasteiger partial charge < -0.3 is 10.4 Å². The van der Waals surface area contributed by atoms with Crippen molar-refractivity contribution < 1.29 is 9.90 Å². The van der Waals surface area contributed by atoms with E-state index in [1.54, 1.807) is 18.7 Å². The van der Waals surface area contributed by atoms with Gasteiger partial charge in [-0.3, -0.25) is 14.3 Å². The highest BCUT2D eigenvalue weighted by Crippen LogP contribution is 2.14. The second-order valence-corrected chi connectivity index (χ2v) is 4.81. The lowest BCUT2D eigenvalue weighted by Gasteiger charge is -2.07. The minimum absolute atomic E-state index is 0.0462. The Morgan fingerprint density at radius 3 is 2.57 bits per heavy atom. The fourth-order valence-corrected chi connectivity index (χ4v) is 2.15. The van der Waals surface area contributed by atoms with Crippen LogP contribution in [0.15, 0.2) is 35.1 Å². The highest BCUT2D eigenvalue weighted by atomic mass is 16.3. The van der Waals surface area contributed by atoms with Crippen LogP contribution in [-0.2, 0) is 11.8 Å². The molecule has 2 N–H and O–H groups in total. The molecule has 0 unspecified atom stereocenters. The predicted molar refractivity (Wildman–Crippen MR) is 80.7 cm³/mol. The van der Waals surface area contributed by atoms with Crippen molar-refractivity contribution in [3.63, 3.8) is 0 Å². The van der Waals surface area contributed by atoms with Gasteiger partial charge in [0.2, 0.25) is 5.91 Å². The summed E-state index contributed by atoms with van der Waals surface area (Å²) < 4.78 is 3.22. The molecule has 2 aromatic rings. The number of aliphatic hydroxyl groups is 1. The number of nitrogens with one attached hydrogen (secondary N) is 1. The van der Waals surface area contributed by atoms with E-state index in [2.05, 4.69) is 5.32 Å². The summed E-state index contributed by atoms with van der Waals surface area (Å²) in [6, 6.07) is 9.24. The zero-order chi connectivity index (χ0) is 15.4. The minimum Gasteiger partial charge on any atom is -0.396 e. The van der Waals surface area contributed by atoms with Crippen LogP contribution in [0.25, 0.3) is 5.69 Å². The average molecular weight is 289 g/mol. The molecule has 0 radical (unpaired) electrons. The van der Waals surface area contributed by atoms with E-state index in [1.165, 1.54) is 4.68 Å². The van der Waals surface area contributed by atoms with Crippen molar-refractivity contribution in [3.8, 4) is 5.69 Å². The van der Waals surface area contributed by atoms with Gasteiger partial charge in [0.15, 0.2) is 0 Å². The Morgan fingerprint density at radius 2 is 1.95 bits per heavy atom. The van der Waals surface area contributed by atoms with Crippen LogP contribution in [0.3, 0.4) is 0 Å². The minimum atomic E-state index is -0.268. The van der Waals surface area contributed by atoms with Crippen molar-refractivity contribution in [1.29, 1.82) is 0 Å². The molecule has 1 amide bonds. The first kappa shape index (κ1) is 15.1. The fourth-order valence-electron chi connectivity index (χ4n) is 2.15. The van der Waals surface area contributed by atoms with Crippen LogP contribution >= 0.6 is 0 Å². The molecule has 0 fully saturated rings. The first-order valence-electron chi connectivity index (χ1n) is 6.81. The van der Waals surface area contributed by atoms with E-state index in [0.717, 1.165) is 5.69 Å². The normalized spacial score (nSPS) is 10.6. The summed E-state index contributed by atoms with van der Waals surface area (Å²) in [7, 11) is 1.77. The number of aliphatic hydroxyl groups excluding tert-OH is 1. The molecule has 1 aromatic heterocycles. The van der Waals surface area contributed by atoms with Crippen LogP contribution in [0, 0.1) is 6.92 Å². The van der Waals surface area contributed by atoms with Gasteiger partial charge in [-0.15, -0.1) is 0 Å². The van der Waals surface area contributed by atoms with Gasteiger partial charge in [0.05, 0.1) is 11.4 Å². The molecule has 0 saturated heterocycles. The van der Waals surface area contributed by atoms with Crippen molar-refractivity contribution in [2.24, 2.45) is 7.05 Å². The third-order valence-corrected chi connectivity index (χ3v) is 3.38. The van der Waals surface area contributed by atoms with Gasteiger partial charge in [0.25, 0.3) is 5.56 Å². The van der Waals surface area contributed by atoms with Gasteiger partial charge in [-0.2, -0.15) is 0 Å². The van der Waals surface area contributed by atoms with E-state index in [4.69, 9.17) is 5.11 Å². The summed E-state index contributed by atoms with van der Waals surface area (Å²) in [4.78, 5) is 24.3. The molecule has 1 heterocycles. The largest absolute Gasteiger partial charge is 0.396 e. The number of hydrogen-bond acceptors (Lipinski definition) is 3. The van der Waals surface area contributed by atoms with Crippen molar-refractivity contribution in [1.82, 2.24) is 9.36 Å². The number of amides is 1. The van der Waals surface area contributed by atoms with Crippen LogP contribution in [0.2, 0.25) is 0 Å². The summed E-state index contributed by atoms with van der Waals surface area (Å²) in [6.45, 7) is 1.73. The van der Waals surface area contributed by atoms with Gasteiger partial charge in [0.1, 0.15) is 5.69 Å². The van der Waals surface area contributed by atoms with E-state index < -0.39 is 0 Å². The molecule has 0 bridgehead atoms. The number of carbonyl (C=O) groups excluding carboxylic acids is 1. The number of aromatic nitrogens is 2. The maximum atomic E-state index is 12.5. The summed E-state index contributed by atoms with van der Waals surface area (Å²) in [5.41, 5.74) is 1.44. The number of nitrogens with zero attached hydrogens (tertiary/aromatic N) is 2. The molecule has 6 heteroatoms. The summed E-state index contributed by atoms with van der Waals surface area (Å²) in [5, 5.41) is 11.4. The molecule has 0 atom stereocenters. The lowest BCUT2D eigenvalue weighted by molar-refractivity contribution is -0.116. The molecule has 0 saturated carbocycles. The lowest BCUT2D eigenvalue weighted by Crippen LogP contribution is -2.22. The maximum absolute atomic E-state index is 12.5. The van der Waals surface area contributed by atoms with Gasteiger partial charge in [-0.1, -0.05) is 18.2 Å². The highest BCUT2D eigenvalue weighted by molar-refractivity contribution is 5.91. The standard InChI is InChI=1S/C15H19N3O3/c1-11-14(16-13(20)9-6-10-19)15(21)18(17(11)2)12-7-4-3-5-8-12/h3-5,7-8,19H,6,9-10H2,1-2H3,(H,16,20). The van der Waals surface area contributed by atoms with E-state index in [1.807, 2.05) is 30.3 Å². The first-order chi connectivity index (χ1) is 10.1. The Morgan fingerprint density at radius 1 is 1.29 bits per heavy atom. The van der Waals surface area contributed by atoms with Gasteiger partial charge in [0, 0.05) is 20.1 Å². The molecule has 6 nitrogen and oxygen atoms in total. The third-order valence-electron chi connectivity index (χ3n) is 3.38. The van der Waals surface area contributed by atoms with Crippen molar-refractivity contribution in [2.75, 3.05) is 11.9 Å². The van der Waals surface area contributed by atoms with Crippen LogP contribution in [0.4, 0.5) is 5.69 Å². The Hall–Kier alpha value is -2.34. The van der Waals surface area contributed by atoms with Gasteiger partial charge in [-0.25, -0.2) is 4.68 Å². The number of hydrogen-bond donors (Lipinski definition) is 2. The second kappa shape index (κ2) is 6.41. The van der Waals surface area contributed by atoms with Crippen molar-refractivity contribution in [2.45, 2.75) is 19.8 Å². The molecule has 2 rings (SSSR count). The fraction of sp³-hybridized carbons (Fsp3) is 0.333. The highest BCUT2D eigenvalue weighted by Gasteiger charge is 2.17. The molecular weight excluding hydrogens is 270 g/mol. The zero-order valence-corrected chi connectivity index (χ0v) is 12.2. The Balaban J connectivity index is 2.37. The lowest BCUT2D eigenvalue weighted by atomic mass is 10.3. The SMILES string of the molecule is Cc1c(NC(=O)CCCO)c(=O)n(-c2ccccc2)n1C. The Labute approximate surface area is 122 Å². The monoisotopic (exact) mass is 289 g/mol. The van der Waals surface area contributed by atoms with E-state index in [-0.39, 0.29) is 30.2 Å². The van der Waals surface area contributed by atoms with Gasteiger partial charge in [-0.05, 0) is 25.5 Å². The Bertz CT molecular complexity index is 686. The number of para-hydroxylation sites is 1. The maximum Gasteiger partial charge on any atom is 0.295 e. The van der Waals surface area contributed by atoms with Crippen LogP contribution in [0.5, 0.6) is 0 Å². The van der Waals surface area contributed by atoms with E-state index in [9.17, 15) is 9.59 Å². The predicted octanol–water partition coefficient (Wildman–Crippen LogP) is 1.20. The topological polar surface area (TPSA) is 76.3 Å². The van der Waals surface area contributed by atoms with Crippen molar-refractivity contribution in [3.05, 3.63) is 46.4 Å². The second-order valence-electron chi connectivity index (χ2n) is 4.81. The van der Waals surface area contributed by atoms with E-state index >= 15 is 0 Å². The average Bonchev–Trinajstić information content (AvgIpc) is 2.70. The number of benzene rings is 1. The Kier molecular flexibility index (Phi) is 4.59. The molecule has 21 heavy (non-hydrogen) atoms. The summed E-state index contributed by atoms with van der Waals surface area (Å²) >= 11 is 0. The molecule has 0 aliphatic rings.